The molecule has 2 aromatic carbocycles. The van der Waals surface area contributed by atoms with Crippen LogP contribution in [-0.4, -0.2) is 162 Å². The number of benzene rings is 2. The van der Waals surface area contributed by atoms with Gasteiger partial charge in [-0.15, -0.1) is 0 Å². The van der Waals surface area contributed by atoms with Crippen LogP contribution in [0.1, 0.15) is 13.8 Å². The largest absolute Gasteiger partial charge is 0.507 e. The monoisotopic (exact) mass is 770 g/mol. The highest BCUT2D eigenvalue weighted by Crippen LogP contribution is 2.40. The van der Waals surface area contributed by atoms with Crippen LogP contribution < -0.4 is 19.6 Å². The Labute approximate surface area is 305 Å². The van der Waals surface area contributed by atoms with E-state index in [4.69, 9.17) is 37.6 Å². The molecular weight excluding hydrogens is 728 g/mol. The Morgan fingerprint density at radius 1 is 0.648 bits per heavy atom. The van der Waals surface area contributed by atoms with E-state index in [1.807, 2.05) is 0 Å². The number of aliphatic hydroxyl groups is 9. The Bertz CT molecular complexity index is 1850. The van der Waals surface area contributed by atoms with Crippen molar-refractivity contribution in [1.82, 2.24) is 0 Å². The lowest BCUT2D eigenvalue weighted by Gasteiger charge is -2.42. The molecule has 3 aliphatic rings. The van der Waals surface area contributed by atoms with Gasteiger partial charge in [-0.2, -0.15) is 0 Å². The van der Waals surface area contributed by atoms with Crippen LogP contribution in [0.3, 0.4) is 0 Å². The highest BCUT2D eigenvalue weighted by molar-refractivity contribution is 5.88. The number of rotatable bonds is 9. The van der Waals surface area contributed by atoms with Gasteiger partial charge >= 0.3 is 0 Å². The maximum atomic E-state index is 14.2. The number of methoxy groups -OCH3 is 1. The first-order chi connectivity index (χ1) is 25.5. The molecule has 54 heavy (non-hydrogen) atoms. The second-order valence-electron chi connectivity index (χ2n) is 13.2. The summed E-state index contributed by atoms with van der Waals surface area (Å²) in [7, 11) is 1.26. The molecule has 0 spiro atoms. The van der Waals surface area contributed by atoms with E-state index in [2.05, 4.69) is 0 Å². The Hall–Kier alpha value is -3.87. The van der Waals surface area contributed by atoms with Gasteiger partial charge in [-0.05, 0) is 32.0 Å². The first kappa shape index (κ1) is 39.8. The van der Waals surface area contributed by atoms with Crippen LogP contribution in [0.25, 0.3) is 22.3 Å². The zero-order valence-corrected chi connectivity index (χ0v) is 28.8. The normalized spacial score (nSPS) is 37.2. The first-order valence-corrected chi connectivity index (χ1v) is 16.8. The number of hydrogen-bond acceptors (Lipinski definition) is 20. The van der Waals surface area contributed by atoms with E-state index in [0.29, 0.717) is 0 Å². The van der Waals surface area contributed by atoms with E-state index in [9.17, 15) is 61.0 Å². The average molecular weight is 771 g/mol. The van der Waals surface area contributed by atoms with Gasteiger partial charge in [0.2, 0.25) is 23.8 Å². The fraction of sp³-hybridized carbons (Fsp3) is 0.559. The lowest BCUT2D eigenvalue weighted by Crippen LogP contribution is -2.61. The summed E-state index contributed by atoms with van der Waals surface area (Å²) in [6.45, 7) is 2.22. The first-order valence-electron chi connectivity index (χ1n) is 16.8. The molecular formula is C34H42O20. The van der Waals surface area contributed by atoms with Gasteiger partial charge in [0, 0.05) is 17.7 Å². The van der Waals surface area contributed by atoms with Crippen LogP contribution in [0.4, 0.5) is 0 Å². The predicted octanol–water partition coefficient (Wildman–Crippen LogP) is -2.88. The minimum Gasteiger partial charge on any atom is -0.507 e. The Kier molecular flexibility index (Phi) is 11.6. The molecule has 0 bridgehead atoms. The zero-order chi connectivity index (χ0) is 39.3. The van der Waals surface area contributed by atoms with Crippen molar-refractivity contribution in [2.75, 3.05) is 13.7 Å². The highest BCUT2D eigenvalue weighted by Gasteiger charge is 2.48. The molecule has 20 heteroatoms. The predicted molar refractivity (Wildman–Crippen MR) is 176 cm³/mol. The van der Waals surface area contributed by atoms with Crippen molar-refractivity contribution in [3.05, 3.63) is 40.6 Å². The van der Waals surface area contributed by atoms with Gasteiger partial charge in [0.05, 0.1) is 25.9 Å². The summed E-state index contributed by atoms with van der Waals surface area (Å²) in [5.74, 6) is -2.37. The quantitative estimate of drug-likeness (QED) is 0.104. The fourth-order valence-corrected chi connectivity index (χ4v) is 6.30. The maximum absolute atomic E-state index is 14.2. The van der Waals surface area contributed by atoms with Crippen molar-refractivity contribution in [2.45, 2.75) is 106 Å². The molecule has 1 aromatic heterocycles. The molecule has 3 aliphatic heterocycles. The van der Waals surface area contributed by atoms with E-state index in [1.165, 1.54) is 39.2 Å². The van der Waals surface area contributed by atoms with Crippen molar-refractivity contribution in [3.8, 4) is 40.1 Å². The van der Waals surface area contributed by atoms with Gasteiger partial charge in [-0.3, -0.25) is 4.79 Å². The summed E-state index contributed by atoms with van der Waals surface area (Å²) >= 11 is 0. The fourth-order valence-electron chi connectivity index (χ4n) is 6.30. The van der Waals surface area contributed by atoms with Crippen LogP contribution in [0.2, 0.25) is 0 Å². The van der Waals surface area contributed by atoms with Crippen LogP contribution in [0, 0.1) is 0 Å². The molecule has 20 nitrogen and oxygen atoms in total. The number of fused-ring (bicyclic) bond motifs is 1. The van der Waals surface area contributed by atoms with Crippen molar-refractivity contribution < 1.29 is 93.7 Å². The topological polar surface area (TPSA) is 317 Å². The summed E-state index contributed by atoms with van der Waals surface area (Å²) in [6.07, 6.45) is -23.7. The van der Waals surface area contributed by atoms with E-state index < -0.39 is 121 Å². The number of phenols is 2. The van der Waals surface area contributed by atoms with Gasteiger partial charge < -0.3 is 93.7 Å². The summed E-state index contributed by atoms with van der Waals surface area (Å²) in [6, 6.07) is 5.91. The van der Waals surface area contributed by atoms with Gasteiger partial charge in [-0.1, -0.05) is 0 Å². The summed E-state index contributed by atoms with van der Waals surface area (Å²) in [5, 5.41) is 114. The highest BCUT2D eigenvalue weighted by atomic mass is 16.7. The SMILES string of the molecule is COc1cc(-c2oc3cc(OC4OC(C)C(O)C(O)C4O)cc(O)c3c(=O)c2OC2OC(COC3OC(C)C(O)C(O)C3O)C(O)C(O)C2O)ccc1O. The van der Waals surface area contributed by atoms with Crippen molar-refractivity contribution >= 4 is 11.0 Å². The van der Waals surface area contributed by atoms with E-state index >= 15 is 0 Å². The molecule has 3 aromatic rings. The lowest BCUT2D eigenvalue weighted by molar-refractivity contribution is -0.318. The summed E-state index contributed by atoms with van der Waals surface area (Å²) in [5.41, 5.74) is -1.32. The third-order valence-electron chi connectivity index (χ3n) is 9.54. The molecule has 3 saturated heterocycles. The standard InChI is InChI=1S/C34H42O20/c1-10-20(37)24(41)27(44)32(49-10)48-9-18-22(39)26(43)29(46)34(53-18)54-31-23(40)19-15(36)7-13(51-33-28(45)25(42)21(38)11(2)50-33)8-17(19)52-30(31)12-4-5-14(35)16(6-12)47-3/h4-8,10-11,18,20-22,24-29,32-39,41-46H,9H2,1-3H3. The Balaban J connectivity index is 1.35. The Morgan fingerprint density at radius 3 is 1.85 bits per heavy atom. The van der Waals surface area contributed by atoms with Gasteiger partial charge in [-0.25, -0.2) is 0 Å². The second kappa shape index (κ2) is 15.7. The molecule has 15 unspecified atom stereocenters. The van der Waals surface area contributed by atoms with Gasteiger partial charge in [0.25, 0.3) is 0 Å². The summed E-state index contributed by atoms with van der Waals surface area (Å²) < 4.78 is 44.8. The molecule has 11 N–H and O–H groups in total. The minimum atomic E-state index is -2.01. The molecule has 6 rings (SSSR count). The molecule has 3 fully saturated rings. The molecule has 15 atom stereocenters. The van der Waals surface area contributed by atoms with Gasteiger partial charge in [0.15, 0.2) is 23.5 Å². The second-order valence-corrected chi connectivity index (χ2v) is 13.2. The maximum Gasteiger partial charge on any atom is 0.239 e. The van der Waals surface area contributed by atoms with E-state index in [-0.39, 0.29) is 34.2 Å². The molecule has 4 heterocycles. The molecule has 0 saturated carbocycles. The number of phenolic OH excluding ortho intramolecular Hbond substituents is 2. The van der Waals surface area contributed by atoms with E-state index in [1.54, 1.807) is 0 Å². The van der Waals surface area contributed by atoms with Crippen molar-refractivity contribution in [2.24, 2.45) is 0 Å². The third kappa shape index (κ3) is 7.41. The lowest BCUT2D eigenvalue weighted by atomic mass is 9.98. The summed E-state index contributed by atoms with van der Waals surface area (Å²) in [4.78, 5) is 14.2. The van der Waals surface area contributed by atoms with Crippen LogP contribution in [0.15, 0.2) is 39.5 Å². The zero-order valence-electron chi connectivity index (χ0n) is 28.8. The van der Waals surface area contributed by atoms with Crippen LogP contribution in [-0.2, 0) is 18.9 Å². The van der Waals surface area contributed by atoms with Gasteiger partial charge in [0.1, 0.15) is 83.5 Å². The number of hydrogen-bond donors (Lipinski definition) is 11. The van der Waals surface area contributed by atoms with Crippen molar-refractivity contribution in [3.63, 3.8) is 0 Å². The molecule has 0 aliphatic carbocycles. The number of aliphatic hydroxyl groups excluding tert-OH is 9. The van der Waals surface area contributed by atoms with Crippen molar-refractivity contribution in [1.29, 1.82) is 0 Å². The third-order valence-corrected chi connectivity index (χ3v) is 9.54. The van der Waals surface area contributed by atoms with Crippen LogP contribution in [0.5, 0.6) is 28.7 Å². The van der Waals surface area contributed by atoms with E-state index in [0.717, 1.165) is 12.1 Å². The molecule has 298 valence electrons. The minimum absolute atomic E-state index is 0.0468. The molecule has 0 amide bonds. The number of ether oxygens (including phenoxy) is 7. The smallest absolute Gasteiger partial charge is 0.239 e. The molecule has 0 radical (unpaired) electrons. The van der Waals surface area contributed by atoms with Crippen LogP contribution >= 0.6 is 0 Å². The average Bonchev–Trinajstić information content (AvgIpc) is 3.14. The Morgan fingerprint density at radius 2 is 1.22 bits per heavy atom. The number of aromatic hydroxyl groups is 2.